The van der Waals surface area contributed by atoms with Gasteiger partial charge >= 0.3 is 0 Å². The summed E-state index contributed by atoms with van der Waals surface area (Å²) in [5.74, 6) is 1.32. The van der Waals surface area contributed by atoms with Gasteiger partial charge in [-0.2, -0.15) is 0 Å². The number of hydrogen-bond acceptors (Lipinski definition) is 0. The first kappa shape index (κ1) is 19.4. The number of hydrogen-bond donors (Lipinski definition) is 0. The van der Waals surface area contributed by atoms with Gasteiger partial charge in [-0.25, -0.2) is 0 Å². The second kappa shape index (κ2) is 9.03. The standard InChI is InChI=1S/C24H39P/c1-18(2)22-16-11-17-23(19(3)4)24(22)25(20-12-7-5-8-13-20)21-14-9-6-10-15-21/h11,16-21H,5-10,12-15H2,1-4H3. The Balaban J connectivity index is 2.07. The van der Waals surface area contributed by atoms with Crippen LogP contribution in [-0.2, 0) is 0 Å². The molecule has 140 valence electrons. The van der Waals surface area contributed by atoms with Crippen LogP contribution in [-0.4, -0.2) is 11.3 Å². The highest BCUT2D eigenvalue weighted by Gasteiger charge is 2.35. The lowest BCUT2D eigenvalue weighted by Crippen LogP contribution is -2.30. The first-order chi connectivity index (χ1) is 12.1. The molecule has 0 aliphatic heterocycles. The Hall–Kier alpha value is -0.350. The highest BCUT2D eigenvalue weighted by atomic mass is 31.1. The summed E-state index contributed by atoms with van der Waals surface area (Å²) in [7, 11) is 0.00142. The molecular formula is C24H39P. The van der Waals surface area contributed by atoms with Gasteiger partial charge in [0.2, 0.25) is 0 Å². The highest BCUT2D eigenvalue weighted by molar-refractivity contribution is 7.67. The van der Waals surface area contributed by atoms with E-state index in [1.54, 1.807) is 11.1 Å². The van der Waals surface area contributed by atoms with Crippen molar-refractivity contribution in [2.45, 2.75) is 115 Å². The fraction of sp³-hybridized carbons (Fsp3) is 0.750. The molecule has 1 heteroatoms. The van der Waals surface area contributed by atoms with Crippen LogP contribution in [0.5, 0.6) is 0 Å². The van der Waals surface area contributed by atoms with Gasteiger partial charge in [-0.15, -0.1) is 0 Å². The van der Waals surface area contributed by atoms with Gasteiger partial charge in [0, 0.05) is 0 Å². The summed E-state index contributed by atoms with van der Waals surface area (Å²) >= 11 is 0. The third-order valence-corrected chi connectivity index (χ3v) is 10.2. The average Bonchev–Trinajstić information content (AvgIpc) is 2.63. The second-order valence-corrected chi connectivity index (χ2v) is 11.8. The van der Waals surface area contributed by atoms with E-state index in [-0.39, 0.29) is 7.92 Å². The molecule has 0 bridgehead atoms. The van der Waals surface area contributed by atoms with Crippen molar-refractivity contribution in [1.82, 2.24) is 0 Å². The summed E-state index contributed by atoms with van der Waals surface area (Å²) in [4.78, 5) is 0. The van der Waals surface area contributed by atoms with E-state index in [1.165, 1.54) is 64.2 Å². The van der Waals surface area contributed by atoms with Crippen molar-refractivity contribution in [2.24, 2.45) is 0 Å². The van der Waals surface area contributed by atoms with Gasteiger partial charge in [-0.05, 0) is 65.3 Å². The van der Waals surface area contributed by atoms with Gasteiger partial charge in [0.15, 0.2) is 0 Å². The molecule has 3 rings (SSSR count). The van der Waals surface area contributed by atoms with Crippen LogP contribution < -0.4 is 5.30 Å². The molecule has 2 saturated carbocycles. The molecule has 0 aromatic heterocycles. The van der Waals surface area contributed by atoms with Crippen LogP contribution in [0.3, 0.4) is 0 Å². The molecule has 2 aliphatic carbocycles. The van der Waals surface area contributed by atoms with Crippen molar-refractivity contribution < 1.29 is 0 Å². The monoisotopic (exact) mass is 358 g/mol. The SMILES string of the molecule is CC(C)c1cccc(C(C)C)c1P(C1CCCCC1)C1CCCCC1. The molecule has 2 fully saturated rings. The summed E-state index contributed by atoms with van der Waals surface area (Å²) in [5.41, 5.74) is 5.38. The van der Waals surface area contributed by atoms with Crippen LogP contribution in [0.15, 0.2) is 18.2 Å². The van der Waals surface area contributed by atoms with Crippen molar-refractivity contribution in [3.05, 3.63) is 29.3 Å². The zero-order valence-corrected chi connectivity index (χ0v) is 18.0. The molecular weight excluding hydrogens is 319 g/mol. The first-order valence-electron chi connectivity index (χ1n) is 11.0. The molecule has 0 saturated heterocycles. The Kier molecular flexibility index (Phi) is 7.01. The third-order valence-electron chi connectivity index (χ3n) is 6.54. The summed E-state index contributed by atoms with van der Waals surface area (Å²) in [6.45, 7) is 9.66. The fourth-order valence-electron chi connectivity index (χ4n) is 5.19. The van der Waals surface area contributed by atoms with Crippen LogP contribution in [0.4, 0.5) is 0 Å². The van der Waals surface area contributed by atoms with Gasteiger partial charge in [0.1, 0.15) is 0 Å². The highest BCUT2D eigenvalue weighted by Crippen LogP contribution is 2.56. The van der Waals surface area contributed by atoms with E-state index < -0.39 is 0 Å². The molecule has 0 spiro atoms. The lowest BCUT2D eigenvalue weighted by Gasteiger charge is -2.41. The smallest absolute Gasteiger partial charge is 0.0166 e. The van der Waals surface area contributed by atoms with Gasteiger partial charge in [0.05, 0.1) is 0 Å². The van der Waals surface area contributed by atoms with E-state index in [2.05, 4.69) is 45.9 Å². The number of rotatable bonds is 5. The van der Waals surface area contributed by atoms with Gasteiger partial charge in [0.25, 0.3) is 0 Å². The van der Waals surface area contributed by atoms with Crippen LogP contribution >= 0.6 is 7.92 Å². The predicted molar refractivity (Wildman–Crippen MR) is 115 cm³/mol. The van der Waals surface area contributed by atoms with E-state index in [4.69, 9.17) is 0 Å². The molecule has 0 unspecified atom stereocenters. The predicted octanol–water partition coefficient (Wildman–Crippen LogP) is 7.71. The summed E-state index contributed by atoms with van der Waals surface area (Å²) in [6, 6.07) is 7.27. The molecule has 0 N–H and O–H groups in total. The quantitative estimate of drug-likeness (QED) is 0.473. The lowest BCUT2D eigenvalue weighted by molar-refractivity contribution is 0.486. The van der Waals surface area contributed by atoms with E-state index >= 15 is 0 Å². The topological polar surface area (TPSA) is 0 Å². The molecule has 0 atom stereocenters. The maximum Gasteiger partial charge on any atom is -0.0166 e. The van der Waals surface area contributed by atoms with Crippen LogP contribution in [0.1, 0.15) is 115 Å². The molecule has 1 aromatic rings. The van der Waals surface area contributed by atoms with Crippen LogP contribution in [0.2, 0.25) is 0 Å². The van der Waals surface area contributed by atoms with E-state index in [0.717, 1.165) is 11.3 Å². The zero-order chi connectivity index (χ0) is 17.8. The van der Waals surface area contributed by atoms with Crippen molar-refractivity contribution in [3.8, 4) is 0 Å². The van der Waals surface area contributed by atoms with Gasteiger partial charge in [-0.3, -0.25) is 0 Å². The molecule has 1 aromatic carbocycles. The van der Waals surface area contributed by atoms with E-state index in [0.29, 0.717) is 11.8 Å². The van der Waals surface area contributed by atoms with E-state index in [1.807, 2.05) is 5.30 Å². The molecule has 2 aliphatic rings. The van der Waals surface area contributed by atoms with Crippen molar-refractivity contribution in [2.75, 3.05) is 0 Å². The summed E-state index contributed by atoms with van der Waals surface area (Å²) in [5, 5.41) is 1.86. The molecule has 0 amide bonds. The lowest BCUT2D eigenvalue weighted by atomic mass is 9.95. The largest absolute Gasteiger partial charge is 0.0683 e. The second-order valence-electron chi connectivity index (χ2n) is 9.09. The minimum atomic E-state index is 0.00142. The Morgan fingerprint density at radius 3 is 1.44 bits per heavy atom. The van der Waals surface area contributed by atoms with E-state index in [9.17, 15) is 0 Å². The Morgan fingerprint density at radius 1 is 0.680 bits per heavy atom. The average molecular weight is 359 g/mol. The molecule has 25 heavy (non-hydrogen) atoms. The van der Waals surface area contributed by atoms with Gasteiger partial charge in [-0.1, -0.05) is 92.3 Å². The normalized spacial score (nSPS) is 20.8. The Morgan fingerprint density at radius 2 is 1.08 bits per heavy atom. The maximum absolute atomic E-state index is 2.47. The van der Waals surface area contributed by atoms with Crippen LogP contribution in [0, 0.1) is 0 Å². The maximum atomic E-state index is 2.47. The minimum Gasteiger partial charge on any atom is -0.0683 e. The van der Waals surface area contributed by atoms with Crippen molar-refractivity contribution in [1.29, 1.82) is 0 Å². The van der Waals surface area contributed by atoms with Gasteiger partial charge < -0.3 is 0 Å². The third kappa shape index (κ3) is 4.50. The summed E-state index contributed by atoms with van der Waals surface area (Å²) in [6.07, 6.45) is 14.9. The molecule has 0 heterocycles. The minimum absolute atomic E-state index is 0.00142. The molecule has 0 radical (unpaired) electrons. The Bertz CT molecular complexity index is 489. The van der Waals surface area contributed by atoms with Crippen LogP contribution in [0.25, 0.3) is 0 Å². The summed E-state index contributed by atoms with van der Waals surface area (Å²) < 4.78 is 0. The van der Waals surface area contributed by atoms with Crippen molar-refractivity contribution in [3.63, 3.8) is 0 Å². The number of benzene rings is 1. The fourth-order valence-corrected chi connectivity index (χ4v) is 9.62. The first-order valence-corrected chi connectivity index (χ1v) is 12.5. The zero-order valence-electron chi connectivity index (χ0n) is 17.1. The van der Waals surface area contributed by atoms with Crippen molar-refractivity contribution >= 4 is 13.2 Å². The molecule has 0 nitrogen and oxygen atoms in total. The Labute approximate surface area is 157 Å².